The zero-order valence-corrected chi connectivity index (χ0v) is 12.4. The van der Waals surface area contributed by atoms with Crippen LogP contribution in [0.15, 0.2) is 0 Å². The van der Waals surface area contributed by atoms with Gasteiger partial charge in [-0.15, -0.1) is 0 Å². The molecule has 5 heteroatoms. The molecule has 20 heavy (non-hydrogen) atoms. The van der Waals surface area contributed by atoms with E-state index in [2.05, 4.69) is 0 Å². The van der Waals surface area contributed by atoms with Gasteiger partial charge in [-0.25, -0.2) is 4.79 Å². The Morgan fingerprint density at radius 2 is 1.95 bits per heavy atom. The van der Waals surface area contributed by atoms with Gasteiger partial charge in [-0.05, 0) is 38.5 Å². The van der Waals surface area contributed by atoms with Crippen molar-refractivity contribution in [2.45, 2.75) is 57.9 Å². The zero-order valence-electron chi connectivity index (χ0n) is 12.4. The average molecular weight is 282 g/mol. The molecule has 2 rings (SSSR count). The molecule has 1 heterocycles. The minimum atomic E-state index is -0.740. The van der Waals surface area contributed by atoms with Crippen molar-refractivity contribution in [2.75, 3.05) is 19.6 Å². The number of carbonyl (C=O) groups excluding carboxylic acids is 1. The van der Waals surface area contributed by atoms with Crippen LogP contribution >= 0.6 is 0 Å². The number of carboxylic acid groups (broad SMARTS) is 1. The Kier molecular flexibility index (Phi) is 5.26. The third kappa shape index (κ3) is 3.64. The van der Waals surface area contributed by atoms with E-state index in [4.69, 9.17) is 5.11 Å². The summed E-state index contributed by atoms with van der Waals surface area (Å²) < 4.78 is 0. The molecule has 1 unspecified atom stereocenters. The molecular formula is C15H26N2O3. The second kappa shape index (κ2) is 6.95. The highest BCUT2D eigenvalue weighted by atomic mass is 16.4. The number of urea groups is 1. The van der Waals surface area contributed by atoms with Gasteiger partial charge in [-0.2, -0.15) is 0 Å². The van der Waals surface area contributed by atoms with Gasteiger partial charge in [0.2, 0.25) is 0 Å². The summed E-state index contributed by atoms with van der Waals surface area (Å²) in [5, 5.41) is 8.73. The standard InChI is InChI=1S/C15H26N2O3/c1-2-17(13-5-3-4-6-13)15(20)16-10-9-12(11-16)7-8-14(18)19/h12-13H,2-11H2,1H3,(H,18,19). The molecule has 0 bridgehead atoms. The van der Waals surface area contributed by atoms with Crippen LogP contribution in [0.1, 0.15) is 51.9 Å². The summed E-state index contributed by atoms with van der Waals surface area (Å²) in [5.74, 6) is -0.381. The molecule has 0 aromatic carbocycles. The summed E-state index contributed by atoms with van der Waals surface area (Å²) in [6.45, 7) is 4.34. The molecular weight excluding hydrogens is 256 g/mol. The lowest BCUT2D eigenvalue weighted by Gasteiger charge is -2.32. The molecule has 2 amide bonds. The van der Waals surface area contributed by atoms with Crippen molar-refractivity contribution in [2.24, 2.45) is 5.92 Å². The van der Waals surface area contributed by atoms with Crippen LogP contribution in [0.3, 0.4) is 0 Å². The Morgan fingerprint density at radius 1 is 1.25 bits per heavy atom. The second-order valence-corrected chi connectivity index (χ2v) is 6.04. The van der Waals surface area contributed by atoms with Gasteiger partial charge < -0.3 is 14.9 Å². The first-order valence-electron chi connectivity index (χ1n) is 7.89. The van der Waals surface area contributed by atoms with Crippen LogP contribution in [0.5, 0.6) is 0 Å². The number of hydrogen-bond donors (Lipinski definition) is 1. The number of rotatable bonds is 5. The third-order valence-electron chi connectivity index (χ3n) is 4.67. The molecule has 1 saturated carbocycles. The SMILES string of the molecule is CCN(C(=O)N1CCC(CCC(=O)O)C1)C1CCCC1. The van der Waals surface area contributed by atoms with Gasteiger partial charge in [0.25, 0.3) is 0 Å². The molecule has 2 aliphatic rings. The highest BCUT2D eigenvalue weighted by Crippen LogP contribution is 2.27. The minimum Gasteiger partial charge on any atom is -0.481 e. The van der Waals surface area contributed by atoms with Gasteiger partial charge in [0.1, 0.15) is 0 Å². The molecule has 2 fully saturated rings. The fraction of sp³-hybridized carbons (Fsp3) is 0.867. The van der Waals surface area contributed by atoms with Gasteiger partial charge >= 0.3 is 12.0 Å². The molecule has 0 radical (unpaired) electrons. The number of likely N-dealkylation sites (tertiary alicyclic amines) is 1. The van der Waals surface area contributed by atoms with Crippen molar-refractivity contribution in [3.05, 3.63) is 0 Å². The molecule has 0 spiro atoms. The first kappa shape index (κ1) is 15.1. The van der Waals surface area contributed by atoms with Gasteiger partial charge in [0.15, 0.2) is 0 Å². The van der Waals surface area contributed by atoms with Crippen molar-refractivity contribution in [3.8, 4) is 0 Å². The molecule has 1 N–H and O–H groups in total. The summed E-state index contributed by atoms with van der Waals surface area (Å²) in [4.78, 5) is 27.1. The first-order valence-corrected chi connectivity index (χ1v) is 7.89. The van der Waals surface area contributed by atoms with Crippen LogP contribution in [-0.2, 0) is 4.79 Å². The van der Waals surface area contributed by atoms with Crippen molar-refractivity contribution < 1.29 is 14.7 Å². The van der Waals surface area contributed by atoms with Crippen LogP contribution in [0.2, 0.25) is 0 Å². The summed E-state index contributed by atoms with van der Waals surface area (Å²) in [6, 6.07) is 0.586. The summed E-state index contributed by atoms with van der Waals surface area (Å²) in [5.41, 5.74) is 0. The zero-order chi connectivity index (χ0) is 14.5. The quantitative estimate of drug-likeness (QED) is 0.843. The van der Waals surface area contributed by atoms with Crippen LogP contribution < -0.4 is 0 Å². The lowest BCUT2D eigenvalue weighted by Crippen LogP contribution is -2.46. The topological polar surface area (TPSA) is 60.9 Å². The maximum atomic E-state index is 12.6. The Morgan fingerprint density at radius 3 is 2.55 bits per heavy atom. The number of hydrogen-bond acceptors (Lipinski definition) is 2. The predicted molar refractivity (Wildman–Crippen MR) is 76.6 cm³/mol. The average Bonchev–Trinajstić information content (AvgIpc) is 3.08. The van der Waals surface area contributed by atoms with E-state index in [0.717, 1.165) is 38.9 Å². The molecule has 0 aromatic rings. The smallest absolute Gasteiger partial charge is 0.320 e. The fourth-order valence-corrected chi connectivity index (χ4v) is 3.52. The van der Waals surface area contributed by atoms with Crippen LogP contribution in [0.25, 0.3) is 0 Å². The molecule has 114 valence electrons. The van der Waals surface area contributed by atoms with Crippen molar-refractivity contribution in [1.29, 1.82) is 0 Å². The molecule has 5 nitrogen and oxygen atoms in total. The highest BCUT2D eigenvalue weighted by Gasteiger charge is 2.32. The number of carbonyl (C=O) groups is 2. The van der Waals surface area contributed by atoms with E-state index in [-0.39, 0.29) is 12.5 Å². The highest BCUT2D eigenvalue weighted by molar-refractivity contribution is 5.75. The lowest BCUT2D eigenvalue weighted by molar-refractivity contribution is -0.137. The molecule has 1 aliphatic heterocycles. The normalized spacial score (nSPS) is 23.2. The van der Waals surface area contributed by atoms with Crippen molar-refractivity contribution in [3.63, 3.8) is 0 Å². The monoisotopic (exact) mass is 282 g/mol. The number of aliphatic carboxylic acids is 1. The van der Waals surface area contributed by atoms with Crippen molar-refractivity contribution >= 4 is 12.0 Å². The summed E-state index contributed by atoms with van der Waals surface area (Å²) >= 11 is 0. The Balaban J connectivity index is 1.84. The Hall–Kier alpha value is -1.26. The van der Waals surface area contributed by atoms with Crippen LogP contribution in [0.4, 0.5) is 4.79 Å². The molecule has 1 atom stereocenters. The number of amides is 2. The second-order valence-electron chi connectivity index (χ2n) is 6.04. The number of carboxylic acids is 1. The van der Waals surface area contributed by atoms with E-state index in [0.29, 0.717) is 18.4 Å². The Labute approximate surface area is 120 Å². The predicted octanol–water partition coefficient (Wildman–Crippen LogP) is 2.56. The third-order valence-corrected chi connectivity index (χ3v) is 4.67. The van der Waals surface area contributed by atoms with E-state index in [9.17, 15) is 9.59 Å². The van der Waals surface area contributed by atoms with E-state index in [1.807, 2.05) is 16.7 Å². The van der Waals surface area contributed by atoms with Crippen LogP contribution in [0, 0.1) is 5.92 Å². The van der Waals surface area contributed by atoms with E-state index in [1.165, 1.54) is 12.8 Å². The van der Waals surface area contributed by atoms with E-state index >= 15 is 0 Å². The molecule has 1 saturated heterocycles. The number of nitrogens with zero attached hydrogens (tertiary/aromatic N) is 2. The summed E-state index contributed by atoms with van der Waals surface area (Å²) in [6.07, 6.45) is 6.58. The lowest BCUT2D eigenvalue weighted by atomic mass is 10.0. The maximum absolute atomic E-state index is 12.6. The van der Waals surface area contributed by atoms with E-state index < -0.39 is 5.97 Å². The fourth-order valence-electron chi connectivity index (χ4n) is 3.52. The van der Waals surface area contributed by atoms with Crippen molar-refractivity contribution in [1.82, 2.24) is 9.80 Å². The van der Waals surface area contributed by atoms with Gasteiger partial charge in [-0.1, -0.05) is 12.8 Å². The molecule has 1 aliphatic carbocycles. The van der Waals surface area contributed by atoms with Crippen LogP contribution in [-0.4, -0.2) is 52.6 Å². The van der Waals surface area contributed by atoms with Gasteiger partial charge in [0, 0.05) is 32.1 Å². The Bertz CT molecular complexity index is 353. The summed E-state index contributed by atoms with van der Waals surface area (Å²) in [7, 11) is 0. The maximum Gasteiger partial charge on any atom is 0.320 e. The van der Waals surface area contributed by atoms with Gasteiger partial charge in [0.05, 0.1) is 0 Å². The van der Waals surface area contributed by atoms with Gasteiger partial charge in [-0.3, -0.25) is 4.79 Å². The largest absolute Gasteiger partial charge is 0.481 e. The molecule has 0 aromatic heterocycles. The van der Waals surface area contributed by atoms with E-state index in [1.54, 1.807) is 0 Å². The minimum absolute atomic E-state index is 0.164. The first-order chi connectivity index (χ1) is 9.61.